The fourth-order valence-electron chi connectivity index (χ4n) is 2.54. The zero-order valence-electron chi connectivity index (χ0n) is 10.1. The molecule has 1 fully saturated rings. The van der Waals surface area contributed by atoms with Gasteiger partial charge in [0.25, 0.3) is 0 Å². The molecule has 0 saturated carbocycles. The summed E-state index contributed by atoms with van der Waals surface area (Å²) in [7, 11) is 2.93. The Labute approximate surface area is 99.6 Å². The Balaban J connectivity index is 2.53. The number of methoxy groups -OCH3 is 1. The van der Waals surface area contributed by atoms with Gasteiger partial charge in [0.15, 0.2) is 5.78 Å². The molecule has 0 radical (unpaired) electrons. The monoisotopic (exact) mass is 237 g/mol. The largest absolute Gasteiger partial charge is 0.498 e. The van der Waals surface area contributed by atoms with Crippen LogP contribution in [0.2, 0.25) is 0 Å². The number of rotatable bonds is 2. The third-order valence-corrected chi connectivity index (χ3v) is 3.37. The molecular weight excluding hydrogens is 222 g/mol. The highest BCUT2D eigenvalue weighted by Crippen LogP contribution is 2.44. The summed E-state index contributed by atoms with van der Waals surface area (Å²) in [5.74, 6) is 0.188. The predicted molar refractivity (Wildman–Crippen MR) is 59.6 cm³/mol. The number of ether oxygens (including phenoxy) is 1. The summed E-state index contributed by atoms with van der Waals surface area (Å²) in [5, 5.41) is 1.29. The zero-order valence-corrected chi connectivity index (χ0v) is 10.1. The van der Waals surface area contributed by atoms with Crippen LogP contribution in [0.1, 0.15) is 13.3 Å². The highest BCUT2D eigenvalue weighted by Gasteiger charge is 2.54. The molecule has 1 aliphatic heterocycles. The summed E-state index contributed by atoms with van der Waals surface area (Å²) in [4.78, 5) is 28.4. The van der Waals surface area contributed by atoms with Gasteiger partial charge < -0.3 is 4.74 Å². The Morgan fingerprint density at radius 2 is 2.12 bits per heavy atom. The Bertz CT molecular complexity index is 426. The molecule has 1 amide bonds. The van der Waals surface area contributed by atoms with Gasteiger partial charge in [0.1, 0.15) is 11.3 Å². The van der Waals surface area contributed by atoms with Gasteiger partial charge in [-0.15, -0.1) is 0 Å². The first kappa shape index (κ1) is 11.9. The maximum atomic E-state index is 11.8. The third kappa shape index (κ3) is 1.50. The van der Waals surface area contributed by atoms with Crippen molar-refractivity contribution < 1.29 is 19.2 Å². The van der Waals surface area contributed by atoms with E-state index in [-0.39, 0.29) is 17.6 Å². The molecule has 1 saturated heterocycles. The molecule has 5 nitrogen and oxygen atoms in total. The van der Waals surface area contributed by atoms with Gasteiger partial charge in [-0.05, 0) is 12.2 Å². The van der Waals surface area contributed by atoms with E-state index in [2.05, 4.69) is 0 Å². The molecule has 0 bridgehead atoms. The maximum absolute atomic E-state index is 11.8. The van der Waals surface area contributed by atoms with Crippen LogP contribution in [0.3, 0.4) is 0 Å². The van der Waals surface area contributed by atoms with Gasteiger partial charge in [-0.2, -0.15) is 0 Å². The molecule has 1 aliphatic carbocycles. The fourth-order valence-corrected chi connectivity index (χ4v) is 2.54. The van der Waals surface area contributed by atoms with E-state index in [1.807, 2.05) is 6.92 Å². The number of ketones is 1. The molecule has 2 atom stereocenters. The van der Waals surface area contributed by atoms with Crippen molar-refractivity contribution in [2.24, 2.45) is 5.92 Å². The van der Waals surface area contributed by atoms with Gasteiger partial charge in [-0.3, -0.25) is 14.4 Å². The number of hydrogen-bond donors (Lipinski definition) is 0. The van der Waals surface area contributed by atoms with Crippen LogP contribution >= 0.6 is 0 Å². The lowest BCUT2D eigenvalue weighted by Crippen LogP contribution is -2.49. The van der Waals surface area contributed by atoms with Gasteiger partial charge in [0, 0.05) is 18.4 Å². The van der Waals surface area contributed by atoms with E-state index in [0.29, 0.717) is 12.2 Å². The number of hydroxylamine groups is 2. The Hall–Kier alpha value is -1.62. The summed E-state index contributed by atoms with van der Waals surface area (Å²) in [5.41, 5.74) is -0.783. The topological polar surface area (TPSA) is 55.8 Å². The molecule has 0 aromatic heterocycles. The first-order valence-corrected chi connectivity index (χ1v) is 5.42. The standard InChI is InChI=1S/C12H15NO4/c1-8-6-11(15)13(17-3)12(8)5-4-9(14)7-10(12)16-2/h4-5,7-8H,6H2,1-3H3/t8-,12-/m1/s1. The summed E-state index contributed by atoms with van der Waals surface area (Å²) in [6, 6.07) is 0. The number of amides is 1. The summed E-state index contributed by atoms with van der Waals surface area (Å²) in [6.07, 6.45) is 4.91. The van der Waals surface area contributed by atoms with E-state index in [0.717, 1.165) is 0 Å². The van der Waals surface area contributed by atoms with E-state index in [9.17, 15) is 9.59 Å². The average molecular weight is 237 g/mol. The second-order valence-electron chi connectivity index (χ2n) is 4.25. The lowest BCUT2D eigenvalue weighted by Gasteiger charge is -2.38. The van der Waals surface area contributed by atoms with Crippen LogP contribution in [0, 0.1) is 5.92 Å². The Morgan fingerprint density at radius 3 is 2.71 bits per heavy atom. The van der Waals surface area contributed by atoms with E-state index < -0.39 is 5.54 Å². The van der Waals surface area contributed by atoms with Crippen LogP contribution in [-0.4, -0.2) is 36.5 Å². The minimum atomic E-state index is -0.783. The third-order valence-electron chi connectivity index (χ3n) is 3.37. The van der Waals surface area contributed by atoms with Crippen LogP contribution in [0.4, 0.5) is 0 Å². The van der Waals surface area contributed by atoms with Crippen molar-refractivity contribution >= 4 is 11.7 Å². The molecule has 17 heavy (non-hydrogen) atoms. The molecule has 0 unspecified atom stereocenters. The first-order chi connectivity index (χ1) is 8.06. The Morgan fingerprint density at radius 1 is 1.41 bits per heavy atom. The van der Waals surface area contributed by atoms with E-state index in [4.69, 9.17) is 9.57 Å². The molecule has 2 aliphatic rings. The highest BCUT2D eigenvalue weighted by atomic mass is 16.7. The molecular formula is C12H15NO4. The number of allylic oxidation sites excluding steroid dienone is 2. The lowest BCUT2D eigenvalue weighted by atomic mass is 9.81. The van der Waals surface area contributed by atoms with Crippen molar-refractivity contribution in [1.82, 2.24) is 5.06 Å². The van der Waals surface area contributed by atoms with Crippen LogP contribution in [0.5, 0.6) is 0 Å². The van der Waals surface area contributed by atoms with Crippen molar-refractivity contribution in [2.45, 2.75) is 18.9 Å². The molecule has 1 spiro atoms. The zero-order chi connectivity index (χ0) is 12.6. The first-order valence-electron chi connectivity index (χ1n) is 5.42. The summed E-state index contributed by atoms with van der Waals surface area (Å²) in [6.45, 7) is 1.93. The SMILES string of the molecule is COC1=CC(=O)C=C[C@@]12[C@H](C)CC(=O)N2OC. The number of hydrogen-bond acceptors (Lipinski definition) is 4. The van der Waals surface area contributed by atoms with Crippen LogP contribution in [0.15, 0.2) is 24.0 Å². The maximum Gasteiger partial charge on any atom is 0.247 e. The highest BCUT2D eigenvalue weighted by molar-refractivity contribution is 6.01. The van der Waals surface area contributed by atoms with Crippen molar-refractivity contribution in [3.8, 4) is 0 Å². The molecule has 92 valence electrons. The number of carbonyl (C=O) groups is 2. The molecule has 0 aromatic carbocycles. The molecule has 0 N–H and O–H groups in total. The normalized spacial score (nSPS) is 32.3. The van der Waals surface area contributed by atoms with E-state index >= 15 is 0 Å². The predicted octanol–water partition coefficient (Wildman–Crippen LogP) is 0.824. The van der Waals surface area contributed by atoms with E-state index in [1.54, 1.807) is 6.08 Å². The number of nitrogens with zero attached hydrogens (tertiary/aromatic N) is 1. The smallest absolute Gasteiger partial charge is 0.247 e. The van der Waals surface area contributed by atoms with Crippen molar-refractivity contribution in [2.75, 3.05) is 14.2 Å². The minimum Gasteiger partial charge on any atom is -0.498 e. The van der Waals surface area contributed by atoms with Crippen LogP contribution < -0.4 is 0 Å². The lowest BCUT2D eigenvalue weighted by molar-refractivity contribution is -0.190. The second-order valence-corrected chi connectivity index (χ2v) is 4.25. The number of carbonyl (C=O) groups excluding carboxylic acids is 2. The minimum absolute atomic E-state index is 0.00880. The van der Waals surface area contributed by atoms with Gasteiger partial charge >= 0.3 is 0 Å². The average Bonchev–Trinajstić information content (AvgIpc) is 2.54. The summed E-state index contributed by atoms with van der Waals surface area (Å²) >= 11 is 0. The van der Waals surface area contributed by atoms with E-state index in [1.165, 1.54) is 31.4 Å². The molecule has 0 aromatic rings. The van der Waals surface area contributed by atoms with Gasteiger partial charge in [0.2, 0.25) is 5.91 Å². The molecule has 5 heteroatoms. The van der Waals surface area contributed by atoms with Crippen molar-refractivity contribution in [3.05, 3.63) is 24.0 Å². The quantitative estimate of drug-likeness (QED) is 0.713. The van der Waals surface area contributed by atoms with Gasteiger partial charge in [-0.1, -0.05) is 6.92 Å². The fraction of sp³-hybridized carbons (Fsp3) is 0.500. The van der Waals surface area contributed by atoms with Crippen LogP contribution in [-0.2, 0) is 19.2 Å². The van der Waals surface area contributed by atoms with Gasteiger partial charge in [0.05, 0.1) is 14.2 Å². The molecule has 1 heterocycles. The van der Waals surface area contributed by atoms with Crippen LogP contribution in [0.25, 0.3) is 0 Å². The summed E-state index contributed by atoms with van der Waals surface area (Å²) < 4.78 is 5.27. The Kier molecular flexibility index (Phi) is 2.79. The molecule has 2 rings (SSSR count). The van der Waals surface area contributed by atoms with Crippen molar-refractivity contribution in [1.29, 1.82) is 0 Å². The van der Waals surface area contributed by atoms with Crippen molar-refractivity contribution in [3.63, 3.8) is 0 Å². The second kappa shape index (κ2) is 4.00. The van der Waals surface area contributed by atoms with Gasteiger partial charge in [-0.25, -0.2) is 5.06 Å².